The zero-order valence-corrected chi connectivity index (χ0v) is 27.6. The number of alkyl halides is 3. The minimum Gasteiger partial charge on any atom is -0.490 e. The fourth-order valence-corrected chi connectivity index (χ4v) is 6.03. The number of aliphatic hydroxyl groups excluding tert-OH is 1. The van der Waals surface area contributed by atoms with Crippen LogP contribution < -0.4 is 9.46 Å². The van der Waals surface area contributed by atoms with E-state index >= 15 is 0 Å². The number of halogens is 3. The quantitative estimate of drug-likeness (QED) is 0.409. The SMILES string of the molecule is C[C@@H]1CCCCO[C@@H](CN(C)C(=O)CCC(F)(F)F)[C@H](C)CN([C@H](C)CO)C(=O)c2cc(NS(=O)(=O)c3cn(C)cn3)ccc2O1. The molecule has 1 aromatic heterocycles. The number of aryl methyl sites for hydroxylation is 1. The Kier molecular flexibility index (Phi) is 12.9. The minimum absolute atomic E-state index is 0.00292. The molecule has 1 aromatic carbocycles. The Morgan fingerprint density at radius 1 is 1.26 bits per heavy atom. The Bertz CT molecular complexity index is 1440. The van der Waals surface area contributed by atoms with Gasteiger partial charge in [-0.2, -0.15) is 21.6 Å². The van der Waals surface area contributed by atoms with E-state index in [-0.39, 0.29) is 41.2 Å². The van der Waals surface area contributed by atoms with Gasteiger partial charge < -0.3 is 28.9 Å². The molecule has 2 N–H and O–H groups in total. The minimum atomic E-state index is -4.46. The van der Waals surface area contributed by atoms with Crippen LogP contribution in [0.25, 0.3) is 0 Å². The van der Waals surface area contributed by atoms with E-state index in [0.29, 0.717) is 25.9 Å². The lowest BCUT2D eigenvalue weighted by molar-refractivity contribution is -0.149. The summed E-state index contributed by atoms with van der Waals surface area (Å²) in [5.41, 5.74) is 0.162. The lowest BCUT2D eigenvalue weighted by atomic mass is 10.0. The molecule has 1 aliphatic heterocycles. The number of carbonyl (C=O) groups is 2. The third-order valence-electron chi connectivity index (χ3n) is 7.76. The number of amides is 2. The Balaban J connectivity index is 1.95. The third-order valence-corrected chi connectivity index (χ3v) is 9.03. The fraction of sp³-hybridized carbons (Fsp3) is 0.633. The molecule has 12 nitrogen and oxygen atoms in total. The molecule has 258 valence electrons. The Morgan fingerprint density at radius 2 is 1.98 bits per heavy atom. The van der Waals surface area contributed by atoms with Crippen LogP contribution in [0.2, 0.25) is 0 Å². The number of benzene rings is 1. The largest absolute Gasteiger partial charge is 0.490 e. The van der Waals surface area contributed by atoms with E-state index in [4.69, 9.17) is 9.47 Å². The molecule has 3 rings (SSSR count). The summed E-state index contributed by atoms with van der Waals surface area (Å²) >= 11 is 0. The number of ether oxygens (including phenoxy) is 2. The molecule has 2 aromatic rings. The molecule has 0 fully saturated rings. The second-order valence-corrected chi connectivity index (χ2v) is 13.5. The first-order chi connectivity index (χ1) is 21.5. The molecule has 0 spiro atoms. The van der Waals surface area contributed by atoms with Crippen LogP contribution in [0.1, 0.15) is 63.2 Å². The average molecular weight is 676 g/mol. The van der Waals surface area contributed by atoms with Gasteiger partial charge in [-0.25, -0.2) is 4.98 Å². The van der Waals surface area contributed by atoms with E-state index in [1.165, 1.54) is 52.1 Å². The molecular formula is C30H44F3N5O7S. The highest BCUT2D eigenvalue weighted by molar-refractivity contribution is 7.92. The highest BCUT2D eigenvalue weighted by Gasteiger charge is 2.33. The second-order valence-electron chi connectivity index (χ2n) is 11.9. The molecule has 0 aliphatic carbocycles. The van der Waals surface area contributed by atoms with Gasteiger partial charge in [0.25, 0.3) is 15.9 Å². The number of hydrogen-bond donors (Lipinski definition) is 2. The molecule has 0 radical (unpaired) electrons. The highest BCUT2D eigenvalue weighted by atomic mass is 32.2. The Hall–Kier alpha value is -3.37. The number of sulfonamides is 1. The van der Waals surface area contributed by atoms with Crippen molar-refractivity contribution in [3.05, 3.63) is 36.3 Å². The fourth-order valence-electron chi connectivity index (χ4n) is 4.99. The first-order valence-corrected chi connectivity index (χ1v) is 16.6. The molecule has 0 saturated heterocycles. The van der Waals surface area contributed by atoms with E-state index in [1.54, 1.807) is 20.9 Å². The lowest BCUT2D eigenvalue weighted by Crippen LogP contribution is -2.48. The monoisotopic (exact) mass is 675 g/mol. The van der Waals surface area contributed by atoms with E-state index in [1.807, 2.05) is 6.92 Å². The Labute approximate surface area is 267 Å². The third kappa shape index (κ3) is 10.6. The summed E-state index contributed by atoms with van der Waals surface area (Å²) in [7, 11) is -1.03. The highest BCUT2D eigenvalue weighted by Crippen LogP contribution is 2.29. The molecule has 16 heteroatoms. The van der Waals surface area contributed by atoms with Crippen molar-refractivity contribution >= 4 is 27.5 Å². The predicted octanol–water partition coefficient (Wildman–Crippen LogP) is 3.82. The summed E-state index contributed by atoms with van der Waals surface area (Å²) in [5.74, 6) is -1.40. The molecule has 0 bridgehead atoms. The molecule has 0 saturated carbocycles. The van der Waals surface area contributed by atoms with Gasteiger partial charge in [0.1, 0.15) is 5.75 Å². The van der Waals surface area contributed by atoms with Crippen LogP contribution in [0.4, 0.5) is 18.9 Å². The first-order valence-electron chi connectivity index (χ1n) is 15.2. The summed E-state index contributed by atoms with van der Waals surface area (Å²) in [6, 6.07) is 3.69. The molecule has 1 aliphatic rings. The summed E-state index contributed by atoms with van der Waals surface area (Å²) in [6.07, 6.45) is -2.67. The number of hydrogen-bond acceptors (Lipinski definition) is 8. The van der Waals surface area contributed by atoms with E-state index in [2.05, 4.69) is 9.71 Å². The van der Waals surface area contributed by atoms with E-state index in [0.717, 1.165) is 0 Å². The molecule has 46 heavy (non-hydrogen) atoms. The zero-order chi connectivity index (χ0) is 34.2. The topological polar surface area (TPSA) is 143 Å². The van der Waals surface area contributed by atoms with E-state index < -0.39 is 65.5 Å². The molecule has 0 unspecified atom stereocenters. The standard InChI is InChI=1S/C30H44F3N5O7S/c1-20-15-38(21(2)18-39)29(41)24-14-23(35-46(42,43)27-17-36(4)19-34-27)9-10-25(24)45-22(3)8-6-7-13-44-26(20)16-37(5)28(40)11-12-30(31,32)33/h9-10,14,17,19-22,26,35,39H,6-8,11-13,15-16,18H2,1-5H3/t20-,21-,22-,26+/m1/s1. The van der Waals surface area contributed by atoms with Crippen molar-refractivity contribution in [3.8, 4) is 5.75 Å². The number of nitrogens with zero attached hydrogens (tertiary/aromatic N) is 4. The van der Waals surface area contributed by atoms with Gasteiger partial charge in [-0.3, -0.25) is 14.3 Å². The normalized spacial score (nSPS) is 21.1. The number of likely N-dealkylation sites (N-methyl/N-ethyl adjacent to an activating group) is 1. The molecular weight excluding hydrogens is 631 g/mol. The summed E-state index contributed by atoms with van der Waals surface area (Å²) in [4.78, 5) is 33.2. The van der Waals surface area contributed by atoms with Gasteiger partial charge in [0.05, 0.1) is 43.2 Å². The first kappa shape index (κ1) is 37.1. The van der Waals surface area contributed by atoms with Gasteiger partial charge >= 0.3 is 6.18 Å². The smallest absolute Gasteiger partial charge is 0.389 e. The van der Waals surface area contributed by atoms with Crippen LogP contribution >= 0.6 is 0 Å². The summed E-state index contributed by atoms with van der Waals surface area (Å²) in [6.45, 7) is 5.28. The number of rotatable bonds is 9. The van der Waals surface area contributed by atoms with Crippen LogP contribution in [0.15, 0.2) is 35.7 Å². The number of aliphatic hydroxyl groups is 1. The lowest BCUT2D eigenvalue weighted by Gasteiger charge is -2.36. The van der Waals surface area contributed by atoms with Crippen LogP contribution in [0.5, 0.6) is 5.75 Å². The van der Waals surface area contributed by atoms with Crippen molar-refractivity contribution in [3.63, 3.8) is 0 Å². The van der Waals surface area contributed by atoms with Crippen LogP contribution in [0.3, 0.4) is 0 Å². The van der Waals surface area contributed by atoms with Gasteiger partial charge in [-0.1, -0.05) is 6.92 Å². The van der Waals surface area contributed by atoms with E-state index in [9.17, 15) is 36.3 Å². The average Bonchev–Trinajstić information content (AvgIpc) is 3.44. The molecule has 2 amide bonds. The van der Waals surface area contributed by atoms with Crippen molar-refractivity contribution in [2.45, 2.75) is 82.3 Å². The van der Waals surface area contributed by atoms with Crippen molar-refractivity contribution in [2.75, 3.05) is 38.1 Å². The number of carbonyl (C=O) groups excluding carboxylic acids is 2. The Morgan fingerprint density at radius 3 is 2.61 bits per heavy atom. The second kappa shape index (κ2) is 16.0. The maximum absolute atomic E-state index is 14.2. The molecule has 4 atom stereocenters. The summed E-state index contributed by atoms with van der Waals surface area (Å²) < 4.78 is 80.4. The van der Waals surface area contributed by atoms with Crippen LogP contribution in [-0.2, 0) is 26.6 Å². The van der Waals surface area contributed by atoms with Crippen molar-refractivity contribution < 1.29 is 45.8 Å². The maximum Gasteiger partial charge on any atom is 0.389 e. The van der Waals surface area contributed by atoms with Gasteiger partial charge in [-0.15, -0.1) is 0 Å². The predicted molar refractivity (Wildman–Crippen MR) is 164 cm³/mol. The van der Waals surface area contributed by atoms with Crippen molar-refractivity contribution in [2.24, 2.45) is 13.0 Å². The summed E-state index contributed by atoms with van der Waals surface area (Å²) in [5, 5.41) is 9.89. The number of nitrogens with one attached hydrogen (secondary N) is 1. The van der Waals surface area contributed by atoms with Gasteiger partial charge in [0, 0.05) is 58.0 Å². The number of anilines is 1. The van der Waals surface area contributed by atoms with Crippen molar-refractivity contribution in [1.29, 1.82) is 0 Å². The molecule has 2 heterocycles. The van der Waals surface area contributed by atoms with Crippen LogP contribution in [0, 0.1) is 5.92 Å². The van der Waals surface area contributed by atoms with Gasteiger partial charge in [-0.05, 0) is 51.3 Å². The van der Waals surface area contributed by atoms with Crippen molar-refractivity contribution in [1.82, 2.24) is 19.4 Å². The number of imidazole rings is 1. The van der Waals surface area contributed by atoms with Gasteiger partial charge in [0.15, 0.2) is 5.03 Å². The zero-order valence-electron chi connectivity index (χ0n) is 26.8. The van der Waals surface area contributed by atoms with Gasteiger partial charge in [0.2, 0.25) is 5.91 Å². The number of aromatic nitrogens is 2. The maximum atomic E-state index is 14.2. The number of fused-ring (bicyclic) bond motifs is 1. The van der Waals surface area contributed by atoms with Crippen LogP contribution in [-0.4, -0.2) is 102 Å².